The van der Waals surface area contributed by atoms with Crippen LogP contribution in [0.15, 0.2) is 18.2 Å². The number of hydrogen-bond donors (Lipinski definition) is 1. The molecule has 5 nitrogen and oxygen atoms in total. The molecule has 0 bridgehead atoms. The molecule has 1 aliphatic heterocycles. The first-order chi connectivity index (χ1) is 12.0. The summed E-state index contributed by atoms with van der Waals surface area (Å²) in [6, 6.07) is 5.88. The van der Waals surface area contributed by atoms with Gasteiger partial charge in [0.1, 0.15) is 4.32 Å². The van der Waals surface area contributed by atoms with Crippen LogP contribution in [0.25, 0.3) is 0 Å². The summed E-state index contributed by atoms with van der Waals surface area (Å²) in [7, 11) is 0. The van der Waals surface area contributed by atoms with Crippen LogP contribution in [0.1, 0.15) is 30.9 Å². The zero-order valence-corrected chi connectivity index (χ0v) is 16.3. The molecule has 1 aromatic carbocycles. The van der Waals surface area contributed by atoms with E-state index in [4.69, 9.17) is 17.0 Å². The molecule has 1 aliphatic rings. The largest absolute Gasteiger partial charge is 0.455 e. The maximum Gasteiger partial charge on any atom is 0.316 e. The number of rotatable bonds is 6. The lowest BCUT2D eigenvalue weighted by molar-refractivity contribution is -0.144. The van der Waals surface area contributed by atoms with E-state index in [1.807, 2.05) is 32.0 Å². The molecule has 0 radical (unpaired) electrons. The average Bonchev–Trinajstić information content (AvgIpc) is 3.14. The number of aryl methyl sites for hydroxylation is 2. The standard InChI is InChI=1S/C18H24N2O3S2/c1-3-14-8-6-7-13(2)17(14)19-15(21)11-23-16(22)12-25-18(24)20-9-4-5-10-20/h6-8H,3-5,9-12H2,1-2H3,(H,19,21). The molecule has 0 atom stereocenters. The fourth-order valence-electron chi connectivity index (χ4n) is 2.68. The molecule has 0 spiro atoms. The van der Waals surface area contributed by atoms with Crippen molar-refractivity contribution in [1.29, 1.82) is 0 Å². The van der Waals surface area contributed by atoms with Gasteiger partial charge in [0.2, 0.25) is 0 Å². The van der Waals surface area contributed by atoms with Gasteiger partial charge < -0.3 is 15.0 Å². The smallest absolute Gasteiger partial charge is 0.316 e. The second-order valence-electron chi connectivity index (χ2n) is 5.92. The van der Waals surface area contributed by atoms with Crippen LogP contribution < -0.4 is 5.32 Å². The van der Waals surface area contributed by atoms with Crippen molar-refractivity contribution in [2.75, 3.05) is 30.8 Å². The van der Waals surface area contributed by atoms with Crippen LogP contribution in [0, 0.1) is 6.92 Å². The normalized spacial score (nSPS) is 13.6. The van der Waals surface area contributed by atoms with Gasteiger partial charge in [0, 0.05) is 18.8 Å². The van der Waals surface area contributed by atoms with E-state index in [2.05, 4.69) is 10.2 Å². The Bertz CT molecular complexity index is 643. The number of amides is 1. The predicted octanol–water partition coefficient (Wildman–Crippen LogP) is 3.15. The van der Waals surface area contributed by atoms with Gasteiger partial charge in [-0.3, -0.25) is 9.59 Å². The SMILES string of the molecule is CCc1cccc(C)c1NC(=O)COC(=O)CSC(=S)N1CCCC1. The van der Waals surface area contributed by atoms with Crippen molar-refractivity contribution in [2.24, 2.45) is 0 Å². The van der Waals surface area contributed by atoms with E-state index in [1.54, 1.807) is 0 Å². The monoisotopic (exact) mass is 380 g/mol. The fraction of sp³-hybridized carbons (Fsp3) is 0.500. The summed E-state index contributed by atoms with van der Waals surface area (Å²) in [5.74, 6) is -0.626. The van der Waals surface area contributed by atoms with Gasteiger partial charge in [-0.25, -0.2) is 0 Å². The second kappa shape index (κ2) is 9.77. The van der Waals surface area contributed by atoms with Crippen LogP contribution in [0.4, 0.5) is 5.69 Å². The minimum Gasteiger partial charge on any atom is -0.455 e. The lowest BCUT2D eigenvalue weighted by Crippen LogP contribution is -2.26. The summed E-state index contributed by atoms with van der Waals surface area (Å²) < 4.78 is 5.78. The average molecular weight is 381 g/mol. The second-order valence-corrected chi connectivity index (χ2v) is 7.53. The number of ether oxygens (including phenoxy) is 1. The summed E-state index contributed by atoms with van der Waals surface area (Å²) in [6.07, 6.45) is 3.11. The minimum atomic E-state index is -0.429. The number of likely N-dealkylation sites (tertiary alicyclic amines) is 1. The number of carbonyl (C=O) groups is 2. The first-order valence-corrected chi connectivity index (χ1v) is 9.86. The summed E-state index contributed by atoms with van der Waals surface area (Å²) >= 11 is 6.60. The van der Waals surface area contributed by atoms with Crippen LogP contribution in [-0.4, -0.2) is 46.5 Å². The zero-order valence-electron chi connectivity index (χ0n) is 14.7. The minimum absolute atomic E-state index is 0.132. The van der Waals surface area contributed by atoms with E-state index in [1.165, 1.54) is 11.8 Å². The zero-order chi connectivity index (χ0) is 18.2. The van der Waals surface area contributed by atoms with Gasteiger partial charge in [-0.1, -0.05) is 49.1 Å². The van der Waals surface area contributed by atoms with E-state index >= 15 is 0 Å². The molecule has 0 aliphatic carbocycles. The van der Waals surface area contributed by atoms with Crippen LogP contribution in [-0.2, 0) is 20.7 Å². The third-order valence-electron chi connectivity index (χ3n) is 4.05. The summed E-state index contributed by atoms with van der Waals surface area (Å²) in [4.78, 5) is 26.0. The van der Waals surface area contributed by atoms with Crippen molar-refractivity contribution in [3.8, 4) is 0 Å². The van der Waals surface area contributed by atoms with E-state index in [0.717, 1.165) is 53.5 Å². The first kappa shape index (κ1) is 19.7. The lowest BCUT2D eigenvalue weighted by Gasteiger charge is -2.17. The first-order valence-electron chi connectivity index (χ1n) is 8.47. The number of thioether (sulfide) groups is 1. The number of hydrogen-bond acceptors (Lipinski definition) is 5. The van der Waals surface area contributed by atoms with Crippen molar-refractivity contribution in [1.82, 2.24) is 4.90 Å². The van der Waals surface area contributed by atoms with Crippen molar-refractivity contribution in [3.05, 3.63) is 29.3 Å². The third kappa shape index (κ3) is 6.01. The molecule has 1 heterocycles. The van der Waals surface area contributed by atoms with Crippen LogP contribution in [0.3, 0.4) is 0 Å². The van der Waals surface area contributed by atoms with Crippen molar-refractivity contribution in [3.63, 3.8) is 0 Å². The Kier molecular flexibility index (Phi) is 7.71. The Morgan fingerprint density at radius 3 is 2.72 bits per heavy atom. The maximum atomic E-state index is 12.1. The van der Waals surface area contributed by atoms with Crippen molar-refractivity contribution in [2.45, 2.75) is 33.1 Å². The van der Waals surface area contributed by atoms with Crippen LogP contribution in [0.2, 0.25) is 0 Å². The number of nitrogens with one attached hydrogen (secondary N) is 1. The van der Waals surface area contributed by atoms with Crippen LogP contribution in [0.5, 0.6) is 0 Å². The molecule has 0 aromatic heterocycles. The molecule has 25 heavy (non-hydrogen) atoms. The van der Waals surface area contributed by atoms with E-state index < -0.39 is 5.97 Å². The van der Waals surface area contributed by atoms with Crippen molar-refractivity contribution >= 4 is 45.9 Å². The molecule has 1 saturated heterocycles. The molecule has 7 heteroatoms. The molecule has 1 N–H and O–H groups in total. The molecule has 2 rings (SSSR count). The number of thiocarbonyl (C=S) groups is 1. The van der Waals surface area contributed by atoms with E-state index in [-0.39, 0.29) is 18.3 Å². The number of esters is 1. The van der Waals surface area contributed by atoms with Crippen LogP contribution >= 0.6 is 24.0 Å². The Morgan fingerprint density at radius 2 is 2.04 bits per heavy atom. The summed E-state index contributed by atoms with van der Waals surface area (Å²) in [6.45, 7) is 5.61. The number of anilines is 1. The summed E-state index contributed by atoms with van der Waals surface area (Å²) in [5.41, 5.74) is 2.85. The number of para-hydroxylation sites is 1. The van der Waals surface area contributed by atoms with Crippen molar-refractivity contribution < 1.29 is 14.3 Å². The Hall–Kier alpha value is -1.60. The quantitative estimate of drug-likeness (QED) is 0.604. The van der Waals surface area contributed by atoms with Gasteiger partial charge in [-0.2, -0.15) is 0 Å². The predicted molar refractivity (Wildman–Crippen MR) is 106 cm³/mol. The molecule has 136 valence electrons. The molecule has 0 unspecified atom stereocenters. The highest BCUT2D eigenvalue weighted by Gasteiger charge is 2.17. The van der Waals surface area contributed by atoms with E-state index in [9.17, 15) is 9.59 Å². The van der Waals surface area contributed by atoms with Gasteiger partial charge in [-0.15, -0.1) is 0 Å². The van der Waals surface area contributed by atoms with Gasteiger partial charge in [0.25, 0.3) is 5.91 Å². The Labute approximate surface area is 158 Å². The molecular weight excluding hydrogens is 356 g/mol. The molecule has 0 saturated carbocycles. The maximum absolute atomic E-state index is 12.1. The molecule has 1 amide bonds. The highest BCUT2D eigenvalue weighted by Crippen LogP contribution is 2.21. The molecule has 1 fully saturated rings. The fourth-order valence-corrected chi connectivity index (χ4v) is 3.73. The summed E-state index contributed by atoms with van der Waals surface area (Å²) in [5, 5.41) is 2.84. The molecular formula is C18H24N2O3S2. The highest BCUT2D eigenvalue weighted by molar-refractivity contribution is 8.23. The Balaban J connectivity index is 1.74. The van der Waals surface area contributed by atoms with E-state index in [0.29, 0.717) is 0 Å². The van der Waals surface area contributed by atoms with Gasteiger partial charge >= 0.3 is 5.97 Å². The Morgan fingerprint density at radius 1 is 1.32 bits per heavy atom. The number of carbonyl (C=O) groups excluding carboxylic acids is 2. The van der Waals surface area contributed by atoms with Gasteiger partial charge in [0.15, 0.2) is 6.61 Å². The third-order valence-corrected chi connectivity index (χ3v) is 5.54. The number of benzene rings is 1. The number of nitrogens with zero attached hydrogens (tertiary/aromatic N) is 1. The topological polar surface area (TPSA) is 58.6 Å². The lowest BCUT2D eigenvalue weighted by atomic mass is 10.1. The molecule has 1 aromatic rings. The highest BCUT2D eigenvalue weighted by atomic mass is 32.2. The van der Waals surface area contributed by atoms with Gasteiger partial charge in [-0.05, 0) is 37.3 Å². The van der Waals surface area contributed by atoms with Gasteiger partial charge in [0.05, 0.1) is 5.75 Å².